The molecule has 24 heavy (non-hydrogen) atoms. The molecule has 6 nitrogen and oxygen atoms in total. The van der Waals surface area contributed by atoms with Gasteiger partial charge in [0.1, 0.15) is 0 Å². The van der Waals surface area contributed by atoms with Gasteiger partial charge < -0.3 is 14.4 Å². The zero-order valence-corrected chi connectivity index (χ0v) is 13.7. The van der Waals surface area contributed by atoms with Crippen molar-refractivity contribution in [3.8, 4) is 5.75 Å². The molecule has 0 amide bonds. The standard InChI is InChI=1S/C14H17F3O6S/c1-10-5-4-6-11(9-21-12-7-2-3-8-20-12)13(10)22-23-24(18,19)14(15,16)17/h4-6,12H,2-3,7-9H2,1H3. The summed E-state index contributed by atoms with van der Waals surface area (Å²) in [5, 5.41) is 0. The molecule has 2 rings (SSSR count). The van der Waals surface area contributed by atoms with Crippen LogP contribution in [0.25, 0.3) is 0 Å². The molecule has 1 atom stereocenters. The molecule has 1 aliphatic heterocycles. The van der Waals surface area contributed by atoms with Gasteiger partial charge in [0.25, 0.3) is 0 Å². The molecule has 1 heterocycles. The third-order valence-corrected chi connectivity index (χ3v) is 4.16. The summed E-state index contributed by atoms with van der Waals surface area (Å²) in [5.74, 6) is -0.138. The number of halogens is 3. The van der Waals surface area contributed by atoms with E-state index in [0.29, 0.717) is 24.2 Å². The molecule has 0 radical (unpaired) electrons. The van der Waals surface area contributed by atoms with Crippen LogP contribution in [0.1, 0.15) is 30.4 Å². The molecule has 0 aliphatic carbocycles. The maximum Gasteiger partial charge on any atom is 0.526 e. The van der Waals surface area contributed by atoms with Crippen LogP contribution in [0.15, 0.2) is 18.2 Å². The van der Waals surface area contributed by atoms with Crippen LogP contribution in [-0.4, -0.2) is 26.8 Å². The van der Waals surface area contributed by atoms with Crippen LogP contribution < -0.4 is 4.89 Å². The van der Waals surface area contributed by atoms with E-state index in [4.69, 9.17) is 9.47 Å². The van der Waals surface area contributed by atoms with Gasteiger partial charge in [-0.05, 0) is 36.1 Å². The quantitative estimate of drug-likeness (QED) is 0.435. The first-order valence-electron chi connectivity index (χ1n) is 7.20. The Hall–Kier alpha value is -1.36. The highest BCUT2D eigenvalue weighted by Gasteiger charge is 2.49. The first-order valence-corrected chi connectivity index (χ1v) is 8.60. The number of ether oxygens (including phenoxy) is 2. The zero-order chi connectivity index (χ0) is 17.8. The molecule has 0 spiro atoms. The third-order valence-electron chi connectivity index (χ3n) is 3.35. The molecule has 1 fully saturated rings. The van der Waals surface area contributed by atoms with Crippen LogP contribution in [0, 0.1) is 6.92 Å². The number of hydrogen-bond acceptors (Lipinski definition) is 6. The van der Waals surface area contributed by atoms with Gasteiger partial charge in [-0.1, -0.05) is 18.2 Å². The van der Waals surface area contributed by atoms with E-state index in [0.717, 1.165) is 12.8 Å². The fourth-order valence-electron chi connectivity index (χ4n) is 2.09. The number of para-hydroxylation sites is 1. The topological polar surface area (TPSA) is 71.1 Å². The summed E-state index contributed by atoms with van der Waals surface area (Å²) >= 11 is 0. The Morgan fingerprint density at radius 2 is 2.04 bits per heavy atom. The molecule has 1 unspecified atom stereocenters. The molecule has 0 N–H and O–H groups in total. The van der Waals surface area contributed by atoms with Crippen molar-refractivity contribution < 1.29 is 40.3 Å². The molecule has 1 aromatic carbocycles. The van der Waals surface area contributed by atoms with E-state index in [2.05, 4.69) is 9.22 Å². The van der Waals surface area contributed by atoms with Crippen LogP contribution in [0.3, 0.4) is 0 Å². The van der Waals surface area contributed by atoms with Gasteiger partial charge in [0.15, 0.2) is 12.0 Å². The van der Waals surface area contributed by atoms with Gasteiger partial charge in [-0.15, -0.1) is 0 Å². The minimum Gasteiger partial charge on any atom is -0.353 e. The lowest BCUT2D eigenvalue weighted by atomic mass is 10.1. The minimum atomic E-state index is -5.85. The van der Waals surface area contributed by atoms with Crippen molar-refractivity contribution in [3.63, 3.8) is 0 Å². The summed E-state index contributed by atoms with van der Waals surface area (Å²) in [6, 6.07) is 4.72. The highest BCUT2D eigenvalue weighted by Crippen LogP contribution is 2.29. The predicted molar refractivity (Wildman–Crippen MR) is 76.2 cm³/mol. The van der Waals surface area contributed by atoms with Gasteiger partial charge >= 0.3 is 15.6 Å². The van der Waals surface area contributed by atoms with E-state index in [1.54, 1.807) is 19.1 Å². The number of benzene rings is 1. The Morgan fingerprint density at radius 3 is 2.67 bits per heavy atom. The molecule has 1 aliphatic rings. The Labute approximate surface area is 137 Å². The first kappa shape index (κ1) is 19.0. The molecule has 0 aromatic heterocycles. The monoisotopic (exact) mass is 370 g/mol. The lowest BCUT2D eigenvalue weighted by molar-refractivity contribution is -0.170. The van der Waals surface area contributed by atoms with Crippen molar-refractivity contribution in [2.75, 3.05) is 6.61 Å². The third kappa shape index (κ3) is 4.82. The van der Waals surface area contributed by atoms with E-state index in [-0.39, 0.29) is 12.4 Å². The highest BCUT2D eigenvalue weighted by atomic mass is 32.2. The van der Waals surface area contributed by atoms with Crippen molar-refractivity contribution in [2.24, 2.45) is 0 Å². The predicted octanol–water partition coefficient (Wildman–Crippen LogP) is 3.20. The van der Waals surface area contributed by atoms with E-state index < -0.39 is 21.9 Å². The van der Waals surface area contributed by atoms with Gasteiger partial charge in [-0.2, -0.15) is 21.6 Å². The second-order valence-electron chi connectivity index (χ2n) is 5.22. The van der Waals surface area contributed by atoms with Crippen molar-refractivity contribution >= 4 is 10.1 Å². The average Bonchev–Trinajstić information content (AvgIpc) is 2.52. The maximum absolute atomic E-state index is 12.3. The van der Waals surface area contributed by atoms with Crippen LogP contribution >= 0.6 is 0 Å². The van der Waals surface area contributed by atoms with Crippen molar-refractivity contribution in [1.82, 2.24) is 0 Å². The summed E-state index contributed by atoms with van der Waals surface area (Å²) in [4.78, 5) is 4.47. The lowest BCUT2D eigenvalue weighted by Crippen LogP contribution is -2.27. The summed E-state index contributed by atoms with van der Waals surface area (Å²) in [7, 11) is -5.85. The molecular formula is C14H17F3O6S. The van der Waals surface area contributed by atoms with Crippen LogP contribution in [0.4, 0.5) is 13.2 Å². The van der Waals surface area contributed by atoms with Crippen LogP contribution in [0.2, 0.25) is 0 Å². The Balaban J connectivity index is 2.06. The van der Waals surface area contributed by atoms with Crippen molar-refractivity contribution in [1.29, 1.82) is 0 Å². The fourth-order valence-corrected chi connectivity index (χ4v) is 2.32. The first-order chi connectivity index (χ1) is 11.2. The Morgan fingerprint density at radius 1 is 1.29 bits per heavy atom. The van der Waals surface area contributed by atoms with Crippen molar-refractivity contribution in [2.45, 2.75) is 44.6 Å². The van der Waals surface area contributed by atoms with E-state index in [9.17, 15) is 21.6 Å². The molecule has 10 heteroatoms. The lowest BCUT2D eigenvalue weighted by Gasteiger charge is -2.23. The molecule has 1 saturated heterocycles. The number of alkyl halides is 3. The average molecular weight is 370 g/mol. The Bertz CT molecular complexity index is 653. The summed E-state index contributed by atoms with van der Waals surface area (Å²) in [6.45, 7) is 2.10. The summed E-state index contributed by atoms with van der Waals surface area (Å²) < 4.78 is 73.3. The van der Waals surface area contributed by atoms with Gasteiger partial charge in [0, 0.05) is 12.2 Å². The molecule has 0 bridgehead atoms. The second kappa shape index (κ2) is 7.68. The van der Waals surface area contributed by atoms with E-state index in [1.807, 2.05) is 0 Å². The largest absolute Gasteiger partial charge is 0.526 e. The summed E-state index contributed by atoms with van der Waals surface area (Å²) in [5.41, 5.74) is -4.82. The maximum atomic E-state index is 12.3. The number of rotatable bonds is 6. The number of hydrogen-bond donors (Lipinski definition) is 0. The number of aryl methyl sites for hydroxylation is 1. The minimum absolute atomic E-state index is 0.0168. The van der Waals surface area contributed by atoms with Gasteiger partial charge in [-0.3, -0.25) is 0 Å². The van der Waals surface area contributed by atoms with Crippen LogP contribution in [0.5, 0.6) is 5.75 Å². The van der Waals surface area contributed by atoms with E-state index >= 15 is 0 Å². The normalized spacial score (nSPS) is 19.2. The second-order valence-corrected chi connectivity index (χ2v) is 6.73. The fraction of sp³-hybridized carbons (Fsp3) is 0.571. The van der Waals surface area contributed by atoms with Crippen LogP contribution in [-0.2, 0) is 30.5 Å². The van der Waals surface area contributed by atoms with Gasteiger partial charge in [-0.25, -0.2) is 0 Å². The zero-order valence-electron chi connectivity index (χ0n) is 12.8. The van der Waals surface area contributed by atoms with Crippen molar-refractivity contribution in [3.05, 3.63) is 29.3 Å². The molecular weight excluding hydrogens is 353 g/mol. The highest BCUT2D eigenvalue weighted by molar-refractivity contribution is 7.87. The van der Waals surface area contributed by atoms with E-state index in [1.165, 1.54) is 6.07 Å². The Kier molecular flexibility index (Phi) is 6.07. The van der Waals surface area contributed by atoms with Gasteiger partial charge in [0.05, 0.1) is 6.61 Å². The molecule has 0 saturated carbocycles. The van der Waals surface area contributed by atoms with Gasteiger partial charge in [0.2, 0.25) is 0 Å². The molecule has 136 valence electrons. The molecule has 1 aromatic rings. The summed E-state index contributed by atoms with van der Waals surface area (Å²) in [6.07, 6.45) is 2.20. The smallest absolute Gasteiger partial charge is 0.353 e. The SMILES string of the molecule is Cc1cccc(COC2CCCCO2)c1OOS(=O)(=O)C(F)(F)F.